The van der Waals surface area contributed by atoms with Crippen LogP contribution in [0.3, 0.4) is 0 Å². The smallest absolute Gasteiger partial charge is 0.222 e. The highest BCUT2D eigenvalue weighted by Gasteiger charge is 2.26. The molecule has 0 bridgehead atoms. The number of hydrogen-bond acceptors (Lipinski definition) is 4. The number of fused-ring (bicyclic) bond motifs is 2. The molecule has 6 nitrogen and oxygen atoms in total. The fourth-order valence-electron chi connectivity index (χ4n) is 4.56. The van der Waals surface area contributed by atoms with Crippen molar-refractivity contribution in [1.82, 2.24) is 24.6 Å². The van der Waals surface area contributed by atoms with Crippen molar-refractivity contribution < 1.29 is 4.79 Å². The first-order valence-corrected chi connectivity index (χ1v) is 11.1. The quantitative estimate of drug-likeness (QED) is 0.474. The van der Waals surface area contributed by atoms with Crippen LogP contribution in [0.25, 0.3) is 33.4 Å². The van der Waals surface area contributed by atoms with Crippen LogP contribution in [0.1, 0.15) is 29.7 Å². The number of rotatable bonds is 5. The second-order valence-corrected chi connectivity index (χ2v) is 8.66. The summed E-state index contributed by atoms with van der Waals surface area (Å²) in [6, 6.07) is 12.5. The second-order valence-electron chi connectivity index (χ2n) is 8.66. The lowest BCUT2D eigenvalue weighted by Crippen LogP contribution is -2.21. The number of aromatic nitrogens is 4. The molecule has 6 heteroatoms. The van der Waals surface area contributed by atoms with Crippen LogP contribution in [-0.2, 0) is 24.2 Å². The Balaban J connectivity index is 1.61. The molecule has 1 amide bonds. The fourth-order valence-corrected chi connectivity index (χ4v) is 4.56. The van der Waals surface area contributed by atoms with Crippen molar-refractivity contribution in [2.24, 2.45) is 0 Å². The van der Waals surface area contributed by atoms with E-state index in [1.54, 1.807) is 19.0 Å². The Morgan fingerprint density at radius 2 is 1.97 bits per heavy atom. The minimum Gasteiger partial charge on any atom is -0.349 e. The summed E-state index contributed by atoms with van der Waals surface area (Å²) in [6.45, 7) is 3.03. The van der Waals surface area contributed by atoms with Gasteiger partial charge >= 0.3 is 0 Å². The van der Waals surface area contributed by atoms with Gasteiger partial charge in [0.15, 0.2) is 0 Å². The van der Waals surface area contributed by atoms with Crippen molar-refractivity contribution in [2.75, 3.05) is 14.1 Å². The van der Waals surface area contributed by atoms with E-state index in [1.165, 1.54) is 11.3 Å². The molecule has 1 aliphatic rings. The lowest BCUT2D eigenvalue weighted by Gasteiger charge is -2.12. The standard InChI is InChI=1S/C26H27N5O/c1-17-6-4-13-28-25(17)26-24(22-7-5-15-31(22)29-26)20-12-14-27-21-16-18(8-10-19(20)21)9-11-23(32)30(2)3/h4,6,8,10,12-14,16H,5,7,9,11,15H2,1-3H3. The molecule has 32 heavy (non-hydrogen) atoms. The summed E-state index contributed by atoms with van der Waals surface area (Å²) in [6.07, 6.45) is 7.05. The van der Waals surface area contributed by atoms with Gasteiger partial charge in [-0.15, -0.1) is 0 Å². The Bertz CT molecular complexity index is 1320. The number of aryl methyl sites for hydroxylation is 3. The molecule has 0 atom stereocenters. The van der Waals surface area contributed by atoms with E-state index in [9.17, 15) is 4.79 Å². The maximum Gasteiger partial charge on any atom is 0.222 e. The highest BCUT2D eigenvalue weighted by Crippen LogP contribution is 2.40. The van der Waals surface area contributed by atoms with Gasteiger partial charge in [0.1, 0.15) is 5.69 Å². The number of amides is 1. The van der Waals surface area contributed by atoms with Crippen LogP contribution in [0.15, 0.2) is 48.8 Å². The molecular weight excluding hydrogens is 398 g/mol. The molecule has 0 saturated heterocycles. The van der Waals surface area contributed by atoms with E-state index in [2.05, 4.69) is 51.9 Å². The predicted molar refractivity (Wildman–Crippen MR) is 126 cm³/mol. The zero-order valence-electron chi connectivity index (χ0n) is 18.8. The number of carbonyl (C=O) groups is 1. The van der Waals surface area contributed by atoms with Crippen LogP contribution >= 0.6 is 0 Å². The third-order valence-electron chi connectivity index (χ3n) is 6.28. The average molecular weight is 426 g/mol. The van der Waals surface area contributed by atoms with Gasteiger partial charge in [-0.2, -0.15) is 5.10 Å². The number of benzene rings is 1. The normalized spacial score (nSPS) is 12.8. The summed E-state index contributed by atoms with van der Waals surface area (Å²) in [5, 5.41) is 6.08. The molecule has 1 aromatic carbocycles. The van der Waals surface area contributed by atoms with E-state index in [0.29, 0.717) is 12.8 Å². The lowest BCUT2D eigenvalue weighted by molar-refractivity contribution is -0.128. The van der Waals surface area contributed by atoms with E-state index < -0.39 is 0 Å². The van der Waals surface area contributed by atoms with Gasteiger partial charge in [-0.05, 0) is 61.1 Å². The fraction of sp³-hybridized carbons (Fsp3) is 0.308. The molecule has 4 aromatic rings. The molecule has 0 unspecified atom stereocenters. The summed E-state index contributed by atoms with van der Waals surface area (Å²) in [5.41, 5.74) is 8.67. The largest absolute Gasteiger partial charge is 0.349 e. The van der Waals surface area contributed by atoms with Crippen LogP contribution in [0.5, 0.6) is 0 Å². The minimum atomic E-state index is 0.137. The number of nitrogens with zero attached hydrogens (tertiary/aromatic N) is 5. The highest BCUT2D eigenvalue weighted by molar-refractivity contribution is 5.99. The molecule has 3 aromatic heterocycles. The molecule has 0 aliphatic carbocycles. The van der Waals surface area contributed by atoms with Gasteiger partial charge in [-0.25, -0.2) is 0 Å². The van der Waals surface area contributed by atoms with E-state index in [4.69, 9.17) is 5.10 Å². The Kier molecular flexibility index (Phi) is 5.21. The zero-order chi connectivity index (χ0) is 22.2. The first-order valence-electron chi connectivity index (χ1n) is 11.1. The van der Waals surface area contributed by atoms with Crippen molar-refractivity contribution in [2.45, 2.75) is 39.2 Å². The number of hydrogen-bond donors (Lipinski definition) is 0. The Morgan fingerprint density at radius 1 is 1.09 bits per heavy atom. The summed E-state index contributed by atoms with van der Waals surface area (Å²) >= 11 is 0. The third kappa shape index (κ3) is 3.55. The van der Waals surface area contributed by atoms with Crippen molar-refractivity contribution in [1.29, 1.82) is 0 Å². The maximum atomic E-state index is 12.0. The van der Waals surface area contributed by atoms with Gasteiger partial charge in [-0.1, -0.05) is 18.2 Å². The first-order chi connectivity index (χ1) is 15.5. The van der Waals surface area contributed by atoms with Gasteiger partial charge in [0.2, 0.25) is 5.91 Å². The summed E-state index contributed by atoms with van der Waals surface area (Å²) < 4.78 is 2.15. The van der Waals surface area contributed by atoms with Gasteiger partial charge in [0, 0.05) is 56.1 Å². The SMILES string of the molecule is Cc1cccnc1-c1nn2c(c1-c1ccnc3cc(CCC(=O)N(C)C)ccc13)CCC2. The van der Waals surface area contributed by atoms with Crippen LogP contribution < -0.4 is 0 Å². The van der Waals surface area contributed by atoms with Crippen molar-refractivity contribution in [3.63, 3.8) is 0 Å². The summed E-state index contributed by atoms with van der Waals surface area (Å²) in [4.78, 5) is 22.9. The molecule has 0 spiro atoms. The van der Waals surface area contributed by atoms with Crippen molar-refractivity contribution >= 4 is 16.8 Å². The average Bonchev–Trinajstić information content (AvgIpc) is 3.38. The van der Waals surface area contributed by atoms with Crippen LogP contribution in [0.4, 0.5) is 0 Å². The lowest BCUT2D eigenvalue weighted by atomic mass is 9.95. The molecule has 0 saturated carbocycles. The van der Waals surface area contributed by atoms with Crippen LogP contribution in [-0.4, -0.2) is 44.7 Å². The predicted octanol–water partition coefficient (Wildman–Crippen LogP) is 4.44. The Labute approximate surface area is 187 Å². The Morgan fingerprint density at radius 3 is 2.78 bits per heavy atom. The molecule has 0 radical (unpaired) electrons. The highest BCUT2D eigenvalue weighted by atomic mass is 16.2. The zero-order valence-corrected chi connectivity index (χ0v) is 18.8. The van der Waals surface area contributed by atoms with Gasteiger partial charge in [-0.3, -0.25) is 19.4 Å². The van der Waals surface area contributed by atoms with E-state index in [1.807, 2.05) is 18.5 Å². The molecule has 5 rings (SSSR count). The van der Waals surface area contributed by atoms with Crippen molar-refractivity contribution in [3.8, 4) is 22.5 Å². The number of carbonyl (C=O) groups excluding carboxylic acids is 1. The molecule has 4 heterocycles. The molecular formula is C26H27N5O. The van der Waals surface area contributed by atoms with Crippen molar-refractivity contribution in [3.05, 3.63) is 65.6 Å². The third-order valence-corrected chi connectivity index (χ3v) is 6.28. The number of pyridine rings is 2. The minimum absolute atomic E-state index is 0.137. The van der Waals surface area contributed by atoms with Crippen LogP contribution in [0.2, 0.25) is 0 Å². The van der Waals surface area contributed by atoms with Gasteiger partial charge < -0.3 is 4.90 Å². The molecule has 0 fully saturated rings. The van der Waals surface area contributed by atoms with E-state index in [0.717, 1.165) is 58.4 Å². The second kappa shape index (κ2) is 8.19. The maximum absolute atomic E-state index is 12.0. The van der Waals surface area contributed by atoms with Gasteiger partial charge in [0.05, 0.1) is 11.2 Å². The Hall–Kier alpha value is -3.54. The first kappa shape index (κ1) is 20.4. The molecule has 0 N–H and O–H groups in total. The summed E-state index contributed by atoms with van der Waals surface area (Å²) in [7, 11) is 3.59. The van der Waals surface area contributed by atoms with E-state index >= 15 is 0 Å². The van der Waals surface area contributed by atoms with E-state index in [-0.39, 0.29) is 5.91 Å². The van der Waals surface area contributed by atoms with Crippen LogP contribution in [0, 0.1) is 6.92 Å². The molecule has 162 valence electrons. The topological polar surface area (TPSA) is 63.9 Å². The monoisotopic (exact) mass is 425 g/mol. The molecule has 1 aliphatic heterocycles. The summed E-state index contributed by atoms with van der Waals surface area (Å²) in [5.74, 6) is 0.137. The van der Waals surface area contributed by atoms with Gasteiger partial charge in [0.25, 0.3) is 0 Å².